The van der Waals surface area contributed by atoms with E-state index >= 15 is 0 Å². The SMILES string of the molecule is C.C1=CCCCCCCCCCCCCCC1.CCCCCC=CCCCCCCCCCCCCCCC=CCCCCC.[2HH].[2H][2H].[2H][2H].[2H][2H].[2H][2H].[2H][2H].[2H][2H].[2H][2H].[2H][2H].[2H][2H].[2H][2H].[2H][2H].[2H][2H].[2H][2H].[2H][2H].[2H][2H]. The molecular formula is C45H120. The summed E-state index contributed by atoms with van der Waals surface area (Å²) >= 11 is 0. The molecule has 0 heterocycles. The Morgan fingerprint density at radius 2 is 0.578 bits per heavy atom. The van der Waals surface area contributed by atoms with Gasteiger partial charge in [0.05, 0.1) is 0 Å². The van der Waals surface area contributed by atoms with Crippen LogP contribution < -0.4 is 0 Å². The first-order chi connectivity index (χ1) is 36.9. The van der Waals surface area contributed by atoms with E-state index in [0.717, 1.165) is 0 Å². The van der Waals surface area contributed by atoms with Crippen LogP contribution in [-0.2, 0) is 0 Å². The van der Waals surface area contributed by atoms with Gasteiger partial charge in [-0.3, -0.25) is 0 Å². The maximum atomic E-state index is 5.00. The predicted octanol–water partition coefficient (Wildman–Crippen LogP) is 21.3. The molecule has 0 saturated carbocycles. The summed E-state index contributed by atoms with van der Waals surface area (Å²) in [5, 5.41) is 0. The summed E-state index contributed by atoms with van der Waals surface area (Å²) in [5.41, 5.74) is 0. The lowest BCUT2D eigenvalue weighted by atomic mass is 10.0. The minimum atomic E-state index is 0. The lowest BCUT2D eigenvalue weighted by Crippen LogP contribution is -1.83. The molecular weight excluding hydrogens is 540 g/mol. The average Bonchev–Trinajstić information content (AvgIpc) is 3.52. The zero-order valence-corrected chi connectivity index (χ0v) is 30.9. The smallest absolute Gasteiger partial charge is 0 e. The summed E-state index contributed by atoms with van der Waals surface area (Å²) in [6.45, 7) is 4.56. The molecule has 0 radical (unpaired) electrons. The van der Waals surface area contributed by atoms with E-state index in [1.54, 1.807) is 0 Å². The standard InChI is InChI=1S/C28H54.C16H30.CH4.16H2/c1-3-5-7-9-11-13-15-17-19-21-23-25-27-28-26-24-22-20-18-16-14-12-10-8-6-4-2;1-2-4-6-8-10-12-14-16-15-13-11-9-7-5-3-1;;;;;;;;;;;;;;;;;/h11-14H,3-10,15-28H2,1-2H3;1-2H,3-16H2;1H4;16*1H/i;;;15*1+1D;1+1. The third kappa shape index (κ3) is 45.4. The summed E-state index contributed by atoms with van der Waals surface area (Å²) < 4.78 is 150. The van der Waals surface area contributed by atoms with E-state index < -0.39 is 0 Å². The average molecular weight is 693 g/mol. The van der Waals surface area contributed by atoms with Crippen molar-refractivity contribution in [2.75, 3.05) is 0 Å². The van der Waals surface area contributed by atoms with E-state index in [-0.39, 0.29) is 8.85 Å². The molecule has 1 aliphatic rings. The van der Waals surface area contributed by atoms with E-state index in [4.69, 9.17) is 44.5 Å². The first-order valence-corrected chi connectivity index (χ1v) is 20.9. The molecule has 0 aromatic rings. The number of hydrogen-bond acceptors (Lipinski definition) is 0. The third-order valence-corrected chi connectivity index (χ3v) is 9.43. The molecule has 45 heavy (non-hydrogen) atoms. The van der Waals surface area contributed by atoms with Crippen molar-refractivity contribution in [1.29, 1.82) is 0 Å². The second-order valence-corrected chi connectivity index (χ2v) is 14.0. The summed E-state index contributed by atoms with van der Waals surface area (Å²) in [5.74, 6) is 0. The van der Waals surface area contributed by atoms with Crippen LogP contribution in [0.25, 0.3) is 0 Å². The minimum absolute atomic E-state index is 0. The second-order valence-electron chi connectivity index (χ2n) is 14.0. The molecule has 0 nitrogen and oxygen atoms in total. The molecule has 0 heteroatoms. The molecule has 1 rings (SSSR count). The first-order valence-electron chi connectivity index (χ1n) is 35.9. The maximum Gasteiger partial charge on any atom is 0 e. The Hall–Kier alpha value is -0.780. The summed E-state index contributed by atoms with van der Waals surface area (Å²) in [6, 6.07) is 0. The highest BCUT2D eigenvalue weighted by molar-refractivity contribution is 4.82. The van der Waals surface area contributed by atoms with E-state index in [2.05, 4.69) is 50.3 Å². The van der Waals surface area contributed by atoms with Crippen LogP contribution in [0.4, 0.5) is 0 Å². The first kappa shape index (κ1) is 25.2. The summed E-state index contributed by atoms with van der Waals surface area (Å²) in [4.78, 5) is 0. The van der Waals surface area contributed by atoms with Gasteiger partial charge in [0, 0.05) is 46.0 Å². The second kappa shape index (κ2) is 45.3. The molecule has 300 valence electrons. The molecule has 0 spiro atoms. The Kier molecular flexibility index (Phi) is 25.4. The number of allylic oxidation sites excluding steroid dienone is 6. The van der Waals surface area contributed by atoms with Crippen molar-refractivity contribution in [3.05, 3.63) is 36.5 Å². The van der Waals surface area contributed by atoms with Crippen LogP contribution in [0.15, 0.2) is 36.5 Å². The Morgan fingerprint density at radius 3 is 0.844 bits per heavy atom. The zero-order valence-electron chi connectivity index (χ0n) is 60.9. The molecule has 0 amide bonds. The highest BCUT2D eigenvalue weighted by atomic mass is 14.0. The Balaban J connectivity index is -0.0000000374. The van der Waals surface area contributed by atoms with Crippen LogP contribution >= 0.6 is 0 Å². The van der Waals surface area contributed by atoms with Gasteiger partial charge in [0.1, 0.15) is 0 Å². The molecule has 0 atom stereocenters. The zero-order chi connectivity index (χ0) is 61.7. The molecule has 0 aliphatic heterocycles. The van der Waals surface area contributed by atoms with Crippen LogP contribution in [0.2, 0.25) is 0 Å². The molecule has 0 aromatic heterocycles. The van der Waals surface area contributed by atoms with Crippen LogP contribution in [0.1, 0.15) is 298 Å². The molecule has 0 bridgehead atoms. The lowest BCUT2D eigenvalue weighted by molar-refractivity contribution is 0.540. The van der Waals surface area contributed by atoms with E-state index in [1.807, 2.05) is 0 Å². The molecule has 0 fully saturated rings. The monoisotopic (exact) mass is 692 g/mol. The highest BCUT2D eigenvalue weighted by Gasteiger charge is 1.95. The number of rotatable bonds is 23. The van der Waals surface area contributed by atoms with E-state index in [1.165, 1.54) is 231 Å². The van der Waals surface area contributed by atoms with Gasteiger partial charge in [-0.25, -0.2) is 0 Å². The quantitative estimate of drug-likeness (QED) is 0.0739. The highest BCUT2D eigenvalue weighted by Crippen LogP contribution is 2.15. The van der Waals surface area contributed by atoms with Crippen molar-refractivity contribution in [3.8, 4) is 0 Å². The Labute approximate surface area is 336 Å². The van der Waals surface area contributed by atoms with Crippen molar-refractivity contribution in [3.63, 3.8) is 0 Å². The van der Waals surface area contributed by atoms with Gasteiger partial charge in [-0.1, -0.05) is 212 Å². The number of hydrogen-bond donors (Lipinski definition) is 0. The largest absolute Gasteiger partial charge is 0.0885 e. The Morgan fingerprint density at radius 1 is 0.356 bits per heavy atom. The fourth-order valence-corrected chi connectivity index (χ4v) is 6.32. The van der Waals surface area contributed by atoms with Gasteiger partial charge >= 0.3 is 0 Å². The topological polar surface area (TPSA) is 0 Å². The van der Waals surface area contributed by atoms with Gasteiger partial charge in [0.15, 0.2) is 0 Å². The van der Waals surface area contributed by atoms with Gasteiger partial charge in [-0.15, -0.1) is 0 Å². The van der Waals surface area contributed by atoms with Crippen LogP contribution in [0, 0.1) is 0 Å². The van der Waals surface area contributed by atoms with Crippen LogP contribution in [-0.4, -0.2) is 0 Å². The van der Waals surface area contributed by atoms with Gasteiger partial charge < -0.3 is 0 Å². The Bertz CT molecular complexity index is 591. The molecule has 0 N–H and O–H groups in total. The third-order valence-electron chi connectivity index (χ3n) is 9.43. The van der Waals surface area contributed by atoms with Crippen molar-refractivity contribution in [2.45, 2.75) is 252 Å². The predicted molar refractivity (Wildman–Crippen MR) is 246 cm³/mol. The lowest BCUT2D eigenvalue weighted by Gasteiger charge is -2.03. The fourth-order valence-electron chi connectivity index (χ4n) is 6.32. The van der Waals surface area contributed by atoms with Crippen molar-refractivity contribution < 1.29 is 46.0 Å². The van der Waals surface area contributed by atoms with Crippen molar-refractivity contribution >= 4 is 0 Å². The van der Waals surface area contributed by atoms with Crippen molar-refractivity contribution in [1.82, 2.24) is 0 Å². The van der Waals surface area contributed by atoms with Gasteiger partial charge in [0.2, 0.25) is 0 Å². The minimum Gasteiger partial charge on any atom is -0.0885 e. The molecule has 0 unspecified atom stereocenters. The normalized spacial score (nSPS) is 18.3. The van der Waals surface area contributed by atoms with Crippen LogP contribution in [0.5, 0.6) is 0 Å². The van der Waals surface area contributed by atoms with Gasteiger partial charge in [-0.2, -0.15) is 0 Å². The maximum absolute atomic E-state index is 5.00. The van der Waals surface area contributed by atoms with E-state index in [0.29, 0.717) is 0 Å². The number of unbranched alkanes of at least 4 members (excludes halogenated alkanes) is 19. The summed E-state index contributed by atoms with van der Waals surface area (Å²) in [6.07, 6.45) is 65.4. The van der Waals surface area contributed by atoms with Crippen molar-refractivity contribution in [2.24, 2.45) is 0 Å². The fraction of sp³-hybridized carbons (Fsp3) is 0.867. The van der Waals surface area contributed by atoms with Gasteiger partial charge in [-0.05, 0) is 77.0 Å². The van der Waals surface area contributed by atoms with E-state index in [9.17, 15) is 0 Å². The molecule has 1 aliphatic carbocycles. The summed E-state index contributed by atoms with van der Waals surface area (Å²) in [7, 11) is 0. The molecule has 0 aromatic carbocycles. The van der Waals surface area contributed by atoms with Gasteiger partial charge in [0.25, 0.3) is 0 Å². The molecule has 0 saturated heterocycles. The van der Waals surface area contributed by atoms with Crippen LogP contribution in [0.3, 0.4) is 0 Å².